The van der Waals surface area contributed by atoms with Gasteiger partial charge in [-0.1, -0.05) is 26.7 Å². The van der Waals surface area contributed by atoms with Gasteiger partial charge in [0.05, 0.1) is 11.9 Å². The molecule has 0 aliphatic carbocycles. The number of aliphatic carboxylic acids is 1. The highest BCUT2D eigenvalue weighted by atomic mass is 16.4. The summed E-state index contributed by atoms with van der Waals surface area (Å²) in [4.78, 5) is 21.3. The van der Waals surface area contributed by atoms with Crippen molar-refractivity contribution >= 4 is 11.8 Å². The molecular weight excluding hydrogens is 156 g/mol. The minimum atomic E-state index is -1.27. The van der Waals surface area contributed by atoms with Crippen molar-refractivity contribution in [1.82, 2.24) is 0 Å². The number of hydrogen-bond acceptors (Lipinski definition) is 3. The van der Waals surface area contributed by atoms with E-state index in [0.29, 0.717) is 6.42 Å². The van der Waals surface area contributed by atoms with E-state index in [1.807, 2.05) is 6.92 Å². The molecule has 0 amide bonds. The second-order valence-corrected chi connectivity index (χ2v) is 2.96. The molecule has 1 atom stereocenters. The van der Waals surface area contributed by atoms with Crippen LogP contribution in [0.2, 0.25) is 0 Å². The maximum Gasteiger partial charge on any atom is 0.141 e. The Morgan fingerprint density at radius 3 is 2.33 bits per heavy atom. The molecule has 0 aromatic carbocycles. The number of Topliss-reactive ketones (excluding diaryl/α,β-unsaturated/α-hetero) is 1. The van der Waals surface area contributed by atoms with E-state index in [-0.39, 0.29) is 5.78 Å². The summed E-state index contributed by atoms with van der Waals surface area (Å²) in [6.07, 6.45) is 3.16. The third kappa shape index (κ3) is 4.11. The minimum Gasteiger partial charge on any atom is -0.549 e. The summed E-state index contributed by atoms with van der Waals surface area (Å²) in [5.74, 6) is -2.43. The first-order valence-corrected chi connectivity index (χ1v) is 4.33. The monoisotopic (exact) mass is 171 g/mol. The van der Waals surface area contributed by atoms with Gasteiger partial charge in [0.2, 0.25) is 0 Å². The van der Waals surface area contributed by atoms with Gasteiger partial charge in [0, 0.05) is 6.42 Å². The zero-order chi connectivity index (χ0) is 9.56. The Labute approximate surface area is 72.8 Å². The van der Waals surface area contributed by atoms with Gasteiger partial charge < -0.3 is 9.90 Å². The van der Waals surface area contributed by atoms with Crippen LogP contribution < -0.4 is 5.11 Å². The number of carboxylic acids is 1. The van der Waals surface area contributed by atoms with Crippen molar-refractivity contribution in [1.29, 1.82) is 0 Å². The predicted molar refractivity (Wildman–Crippen MR) is 43.3 cm³/mol. The number of rotatable bonds is 6. The largest absolute Gasteiger partial charge is 0.549 e. The number of carbonyl (C=O) groups excluding carboxylic acids is 2. The van der Waals surface area contributed by atoms with Gasteiger partial charge in [-0.2, -0.15) is 0 Å². The van der Waals surface area contributed by atoms with Gasteiger partial charge in [-0.3, -0.25) is 4.79 Å². The summed E-state index contributed by atoms with van der Waals surface area (Å²) in [6, 6.07) is 0. The van der Waals surface area contributed by atoms with Crippen LogP contribution in [0.15, 0.2) is 0 Å². The van der Waals surface area contributed by atoms with Crippen molar-refractivity contribution in [3.05, 3.63) is 0 Å². The third-order valence-electron chi connectivity index (χ3n) is 1.86. The Balaban J connectivity index is 3.65. The van der Waals surface area contributed by atoms with Crippen molar-refractivity contribution < 1.29 is 14.7 Å². The summed E-state index contributed by atoms with van der Waals surface area (Å²) in [5.41, 5.74) is 0. The summed E-state index contributed by atoms with van der Waals surface area (Å²) in [7, 11) is 0. The fourth-order valence-corrected chi connectivity index (χ4v) is 0.897. The summed E-state index contributed by atoms with van der Waals surface area (Å²) in [6.45, 7) is 3.41. The molecule has 0 aromatic heterocycles. The molecule has 70 valence electrons. The topological polar surface area (TPSA) is 57.2 Å². The van der Waals surface area contributed by atoms with E-state index in [1.165, 1.54) is 6.92 Å². The second kappa shape index (κ2) is 5.75. The lowest BCUT2D eigenvalue weighted by molar-refractivity contribution is -0.309. The number of unbranched alkanes of at least 4 members (excludes halogenated alkanes) is 2. The molecule has 3 heteroatoms. The molecule has 0 bridgehead atoms. The lowest BCUT2D eigenvalue weighted by Crippen LogP contribution is -2.34. The van der Waals surface area contributed by atoms with Crippen molar-refractivity contribution in [3.8, 4) is 0 Å². The lowest BCUT2D eigenvalue weighted by atomic mass is 10.0. The molecule has 0 N–H and O–H groups in total. The maximum atomic E-state index is 11.0. The van der Waals surface area contributed by atoms with Gasteiger partial charge in [0.15, 0.2) is 0 Å². The van der Waals surface area contributed by atoms with Crippen LogP contribution in [0, 0.1) is 5.92 Å². The summed E-state index contributed by atoms with van der Waals surface area (Å²) >= 11 is 0. The SMILES string of the molecule is CCCCCC(=O)C(C)C(=O)[O-]. The fourth-order valence-electron chi connectivity index (χ4n) is 0.897. The van der Waals surface area contributed by atoms with Crippen molar-refractivity contribution in [2.45, 2.75) is 39.5 Å². The fraction of sp³-hybridized carbons (Fsp3) is 0.778. The standard InChI is InChI=1S/C9H16O3/c1-3-4-5-6-8(10)7(2)9(11)12/h7H,3-6H2,1-2H3,(H,11,12)/p-1. The maximum absolute atomic E-state index is 11.0. The van der Waals surface area contributed by atoms with E-state index in [9.17, 15) is 14.7 Å². The van der Waals surface area contributed by atoms with Crippen molar-refractivity contribution in [3.63, 3.8) is 0 Å². The molecule has 1 unspecified atom stereocenters. The first kappa shape index (κ1) is 11.1. The average molecular weight is 171 g/mol. The van der Waals surface area contributed by atoms with Crippen LogP contribution in [0.5, 0.6) is 0 Å². The van der Waals surface area contributed by atoms with Crippen LogP contribution in [0.3, 0.4) is 0 Å². The first-order valence-electron chi connectivity index (χ1n) is 4.33. The Hall–Kier alpha value is -0.860. The molecule has 0 saturated carbocycles. The van der Waals surface area contributed by atoms with Gasteiger partial charge in [0.25, 0.3) is 0 Å². The van der Waals surface area contributed by atoms with Crippen LogP contribution in [-0.2, 0) is 9.59 Å². The zero-order valence-electron chi connectivity index (χ0n) is 7.63. The highest BCUT2D eigenvalue weighted by molar-refractivity contribution is 5.96. The molecule has 0 fully saturated rings. The van der Waals surface area contributed by atoms with Gasteiger partial charge in [0.1, 0.15) is 5.78 Å². The van der Waals surface area contributed by atoms with Crippen molar-refractivity contribution in [2.75, 3.05) is 0 Å². The molecule has 0 radical (unpaired) electrons. The number of hydrogen-bond donors (Lipinski definition) is 0. The highest BCUT2D eigenvalue weighted by Crippen LogP contribution is 2.05. The van der Waals surface area contributed by atoms with Gasteiger partial charge in [-0.05, 0) is 6.42 Å². The van der Waals surface area contributed by atoms with E-state index in [0.717, 1.165) is 19.3 Å². The normalized spacial score (nSPS) is 12.5. The first-order chi connectivity index (χ1) is 5.59. The molecule has 0 aliphatic rings. The number of carboxylic acid groups (broad SMARTS) is 1. The van der Waals surface area contributed by atoms with E-state index >= 15 is 0 Å². The Bertz CT molecular complexity index is 163. The Morgan fingerprint density at radius 1 is 1.33 bits per heavy atom. The van der Waals surface area contributed by atoms with Gasteiger partial charge in [-0.25, -0.2) is 0 Å². The second-order valence-electron chi connectivity index (χ2n) is 2.96. The molecule has 12 heavy (non-hydrogen) atoms. The molecule has 0 heterocycles. The zero-order valence-corrected chi connectivity index (χ0v) is 7.63. The Kier molecular flexibility index (Phi) is 5.34. The van der Waals surface area contributed by atoms with E-state index in [1.54, 1.807) is 0 Å². The molecule has 0 saturated heterocycles. The predicted octanol–water partition coefficient (Wildman–Crippen LogP) is 0.522. The Morgan fingerprint density at radius 2 is 1.92 bits per heavy atom. The third-order valence-corrected chi connectivity index (χ3v) is 1.86. The number of ketones is 1. The minimum absolute atomic E-state index is 0.219. The van der Waals surface area contributed by atoms with E-state index in [2.05, 4.69) is 0 Å². The van der Waals surface area contributed by atoms with Crippen molar-refractivity contribution in [2.24, 2.45) is 5.92 Å². The van der Waals surface area contributed by atoms with E-state index < -0.39 is 11.9 Å². The molecule has 3 nitrogen and oxygen atoms in total. The molecule has 0 aliphatic heterocycles. The summed E-state index contributed by atoms with van der Waals surface area (Å²) in [5, 5.41) is 10.2. The molecular formula is C9H15O3-. The lowest BCUT2D eigenvalue weighted by Gasteiger charge is -2.10. The van der Waals surface area contributed by atoms with Crippen LogP contribution in [0.1, 0.15) is 39.5 Å². The molecule has 0 rings (SSSR count). The van der Waals surface area contributed by atoms with Gasteiger partial charge in [-0.15, -0.1) is 0 Å². The molecule has 0 spiro atoms. The van der Waals surface area contributed by atoms with Crippen LogP contribution in [0.25, 0.3) is 0 Å². The van der Waals surface area contributed by atoms with E-state index in [4.69, 9.17) is 0 Å². The number of carbonyl (C=O) groups is 2. The average Bonchev–Trinajstić information content (AvgIpc) is 2.03. The quantitative estimate of drug-likeness (QED) is 0.432. The van der Waals surface area contributed by atoms with Crippen LogP contribution >= 0.6 is 0 Å². The highest BCUT2D eigenvalue weighted by Gasteiger charge is 2.12. The smallest absolute Gasteiger partial charge is 0.141 e. The van der Waals surface area contributed by atoms with Crippen LogP contribution in [-0.4, -0.2) is 11.8 Å². The summed E-state index contributed by atoms with van der Waals surface area (Å²) < 4.78 is 0. The van der Waals surface area contributed by atoms with Gasteiger partial charge >= 0.3 is 0 Å². The van der Waals surface area contributed by atoms with Crippen LogP contribution in [0.4, 0.5) is 0 Å². The molecule has 0 aromatic rings.